The van der Waals surface area contributed by atoms with Crippen molar-refractivity contribution in [1.82, 2.24) is 9.88 Å². The van der Waals surface area contributed by atoms with E-state index in [4.69, 9.17) is 5.11 Å². The first kappa shape index (κ1) is 18.7. The van der Waals surface area contributed by atoms with Gasteiger partial charge in [-0.2, -0.15) is 13.2 Å². The van der Waals surface area contributed by atoms with Crippen molar-refractivity contribution in [2.45, 2.75) is 38.0 Å². The van der Waals surface area contributed by atoms with Gasteiger partial charge in [-0.3, -0.25) is 9.59 Å². The van der Waals surface area contributed by atoms with Crippen molar-refractivity contribution in [2.24, 2.45) is 5.92 Å². The number of piperidine rings is 1. The van der Waals surface area contributed by atoms with Crippen LogP contribution in [0.2, 0.25) is 0 Å². The van der Waals surface area contributed by atoms with Crippen LogP contribution in [0.4, 0.5) is 13.2 Å². The van der Waals surface area contributed by atoms with E-state index in [9.17, 15) is 27.9 Å². The van der Waals surface area contributed by atoms with E-state index in [1.165, 1.54) is 12.3 Å². The maximum absolute atomic E-state index is 13.4. The highest BCUT2D eigenvalue weighted by atomic mass is 32.1. The molecule has 1 aromatic heterocycles. The third-order valence-corrected chi connectivity index (χ3v) is 5.08. The summed E-state index contributed by atoms with van der Waals surface area (Å²) in [4.78, 5) is 28.0. The van der Waals surface area contributed by atoms with Crippen LogP contribution in [0.1, 0.15) is 30.0 Å². The van der Waals surface area contributed by atoms with Gasteiger partial charge in [0.2, 0.25) is 11.5 Å². The molecule has 0 radical (unpaired) electrons. The molecule has 1 unspecified atom stereocenters. The van der Waals surface area contributed by atoms with Crippen molar-refractivity contribution in [2.75, 3.05) is 13.1 Å². The number of aliphatic carboxylic acids is 1. The molecule has 1 fully saturated rings. The number of thiazole rings is 1. The third-order valence-electron chi connectivity index (χ3n) is 3.97. The smallest absolute Gasteiger partial charge is 0.424 e. The molecule has 1 aromatic rings. The number of aromatic nitrogens is 1. The number of aryl methyl sites for hydroxylation is 1. The van der Waals surface area contributed by atoms with Crippen LogP contribution >= 0.6 is 11.3 Å². The molecule has 1 amide bonds. The fraction of sp³-hybridized carbons (Fsp3) is 0.643. The maximum Gasteiger partial charge on any atom is 0.424 e. The number of amides is 1. The number of rotatable bonds is 4. The third kappa shape index (κ3) is 3.69. The maximum atomic E-state index is 13.4. The van der Waals surface area contributed by atoms with E-state index in [1.54, 1.807) is 0 Å². The fourth-order valence-electron chi connectivity index (χ4n) is 2.58. The Bertz CT molecular complexity index is 634. The predicted molar refractivity (Wildman–Crippen MR) is 78.4 cm³/mol. The van der Waals surface area contributed by atoms with Gasteiger partial charge < -0.3 is 15.1 Å². The van der Waals surface area contributed by atoms with E-state index in [0.29, 0.717) is 29.9 Å². The molecule has 1 aliphatic rings. The van der Waals surface area contributed by atoms with Crippen molar-refractivity contribution in [1.29, 1.82) is 0 Å². The van der Waals surface area contributed by atoms with Gasteiger partial charge in [0.15, 0.2) is 0 Å². The highest BCUT2D eigenvalue weighted by Crippen LogP contribution is 2.43. The molecule has 0 aromatic carbocycles. The first-order valence-electron chi connectivity index (χ1n) is 7.27. The number of likely N-dealkylation sites (tertiary alicyclic amines) is 1. The molecular weight excluding hydrogens is 349 g/mol. The zero-order chi connectivity index (χ0) is 18.1. The van der Waals surface area contributed by atoms with Crippen molar-refractivity contribution in [3.8, 4) is 0 Å². The van der Waals surface area contributed by atoms with Gasteiger partial charge in [0.05, 0.1) is 12.3 Å². The normalized spacial score (nSPS) is 21.4. The molecule has 6 nitrogen and oxygen atoms in total. The van der Waals surface area contributed by atoms with Gasteiger partial charge in [-0.1, -0.05) is 0 Å². The van der Waals surface area contributed by atoms with Crippen LogP contribution in [-0.4, -0.2) is 51.2 Å². The standard InChI is InChI=1S/C14H17F3N2O4S/c1-8-7-24-12(18-8)13(23,14(15,16)17)5-10(20)19-4-2-3-9(6-19)11(21)22/h7,9,23H,2-6H2,1H3,(H,21,22)/t9-,13?/m0/s1. The summed E-state index contributed by atoms with van der Waals surface area (Å²) in [5, 5.41) is 19.9. The van der Waals surface area contributed by atoms with Crippen molar-refractivity contribution in [3.05, 3.63) is 16.1 Å². The van der Waals surface area contributed by atoms with Gasteiger partial charge in [-0.15, -0.1) is 11.3 Å². The molecule has 24 heavy (non-hydrogen) atoms. The zero-order valence-electron chi connectivity index (χ0n) is 12.8. The Morgan fingerprint density at radius 1 is 1.46 bits per heavy atom. The number of carboxylic acid groups (broad SMARTS) is 1. The van der Waals surface area contributed by atoms with Crippen molar-refractivity contribution >= 4 is 23.2 Å². The molecule has 0 saturated carbocycles. The number of carbonyl (C=O) groups excluding carboxylic acids is 1. The molecular formula is C14H17F3N2O4S. The van der Waals surface area contributed by atoms with Crippen LogP contribution in [0.25, 0.3) is 0 Å². The summed E-state index contributed by atoms with van der Waals surface area (Å²) in [5.41, 5.74) is -3.06. The largest absolute Gasteiger partial charge is 0.481 e. The minimum atomic E-state index is -5.07. The van der Waals surface area contributed by atoms with E-state index in [-0.39, 0.29) is 13.1 Å². The molecule has 2 N–H and O–H groups in total. The lowest BCUT2D eigenvalue weighted by molar-refractivity contribution is -0.268. The van der Waals surface area contributed by atoms with Gasteiger partial charge in [-0.25, -0.2) is 4.98 Å². The summed E-state index contributed by atoms with van der Waals surface area (Å²) >= 11 is 0.631. The zero-order valence-corrected chi connectivity index (χ0v) is 13.7. The van der Waals surface area contributed by atoms with E-state index in [1.807, 2.05) is 0 Å². The Kier molecular flexibility index (Phi) is 5.19. The van der Waals surface area contributed by atoms with Gasteiger partial charge in [-0.05, 0) is 19.8 Å². The van der Waals surface area contributed by atoms with Gasteiger partial charge in [0.25, 0.3) is 0 Å². The second kappa shape index (κ2) is 6.67. The molecule has 2 atom stereocenters. The average Bonchev–Trinajstić information content (AvgIpc) is 2.93. The topological polar surface area (TPSA) is 90.7 Å². The van der Waals surface area contributed by atoms with Gasteiger partial charge >= 0.3 is 12.1 Å². The summed E-state index contributed by atoms with van der Waals surface area (Å²) in [7, 11) is 0. The van der Waals surface area contributed by atoms with Crippen LogP contribution in [0.3, 0.4) is 0 Å². The number of hydrogen-bond acceptors (Lipinski definition) is 5. The Balaban J connectivity index is 2.21. The SMILES string of the molecule is Cc1csc(C(O)(CC(=O)N2CCC[C@H](C(=O)O)C2)C(F)(F)F)n1. The first-order chi connectivity index (χ1) is 11.0. The van der Waals surface area contributed by atoms with Crippen LogP contribution in [0.15, 0.2) is 5.38 Å². The Hall–Kier alpha value is -1.68. The molecule has 2 heterocycles. The number of aliphatic hydroxyl groups is 1. The lowest BCUT2D eigenvalue weighted by Crippen LogP contribution is -2.49. The quantitative estimate of drug-likeness (QED) is 0.850. The van der Waals surface area contributed by atoms with E-state index in [2.05, 4.69) is 4.98 Å². The highest BCUT2D eigenvalue weighted by molar-refractivity contribution is 7.09. The second-order valence-corrected chi connectivity index (χ2v) is 6.70. The predicted octanol–water partition coefficient (Wildman–Crippen LogP) is 1.91. The number of carbonyl (C=O) groups is 2. The fourth-order valence-corrected chi connectivity index (χ4v) is 3.49. The number of alkyl halides is 3. The molecule has 1 aliphatic heterocycles. The molecule has 0 aliphatic carbocycles. The lowest BCUT2D eigenvalue weighted by atomic mass is 9.95. The summed E-state index contributed by atoms with van der Waals surface area (Å²) in [6.45, 7) is 1.51. The molecule has 134 valence electrons. The Morgan fingerprint density at radius 2 is 2.12 bits per heavy atom. The lowest BCUT2D eigenvalue weighted by Gasteiger charge is -2.34. The number of carboxylic acids is 1. The Labute approximate surface area is 139 Å². The summed E-state index contributed by atoms with van der Waals surface area (Å²) in [6.07, 6.45) is -5.53. The van der Waals surface area contributed by atoms with Crippen LogP contribution in [-0.2, 0) is 15.2 Å². The minimum Gasteiger partial charge on any atom is -0.481 e. The van der Waals surface area contributed by atoms with E-state index < -0.39 is 41.0 Å². The second-order valence-electron chi connectivity index (χ2n) is 5.85. The molecule has 0 spiro atoms. The summed E-state index contributed by atoms with van der Waals surface area (Å²) in [6, 6.07) is 0. The monoisotopic (exact) mass is 366 g/mol. The Morgan fingerprint density at radius 3 is 2.62 bits per heavy atom. The van der Waals surface area contributed by atoms with Crippen LogP contribution < -0.4 is 0 Å². The van der Waals surface area contributed by atoms with Crippen molar-refractivity contribution < 1.29 is 33.0 Å². The molecule has 10 heteroatoms. The molecule has 1 saturated heterocycles. The summed E-state index contributed by atoms with van der Waals surface area (Å²) < 4.78 is 40.2. The number of hydrogen-bond donors (Lipinski definition) is 2. The summed E-state index contributed by atoms with van der Waals surface area (Å²) in [5.74, 6) is -2.83. The minimum absolute atomic E-state index is 0.154. The molecule has 0 bridgehead atoms. The number of halogens is 3. The van der Waals surface area contributed by atoms with E-state index in [0.717, 1.165) is 4.90 Å². The van der Waals surface area contributed by atoms with Gasteiger partial charge in [0.1, 0.15) is 5.01 Å². The number of nitrogens with zero attached hydrogens (tertiary/aromatic N) is 2. The highest BCUT2D eigenvalue weighted by Gasteiger charge is 2.58. The van der Waals surface area contributed by atoms with Crippen LogP contribution in [0, 0.1) is 12.8 Å². The van der Waals surface area contributed by atoms with Crippen LogP contribution in [0.5, 0.6) is 0 Å². The van der Waals surface area contributed by atoms with Crippen molar-refractivity contribution in [3.63, 3.8) is 0 Å². The average molecular weight is 366 g/mol. The van der Waals surface area contributed by atoms with Gasteiger partial charge in [0, 0.05) is 24.2 Å². The van der Waals surface area contributed by atoms with E-state index >= 15 is 0 Å². The molecule has 2 rings (SSSR count). The first-order valence-corrected chi connectivity index (χ1v) is 8.15.